The molecule has 0 aromatic heterocycles. The van der Waals surface area contributed by atoms with Gasteiger partial charge >= 0.3 is 0 Å². The van der Waals surface area contributed by atoms with E-state index in [9.17, 15) is 4.79 Å². The minimum Gasteiger partial charge on any atom is -0.344 e. The van der Waals surface area contributed by atoms with Crippen molar-refractivity contribution in [2.24, 2.45) is 0 Å². The smallest absolute Gasteiger partial charge is 0.253 e. The van der Waals surface area contributed by atoms with Crippen molar-refractivity contribution < 1.29 is 4.79 Å². The van der Waals surface area contributed by atoms with Crippen molar-refractivity contribution in [3.8, 4) is 0 Å². The second-order valence-electron chi connectivity index (χ2n) is 4.99. The Morgan fingerprint density at radius 3 is 2.71 bits per heavy atom. The highest BCUT2D eigenvalue weighted by Crippen LogP contribution is 2.35. The van der Waals surface area contributed by atoms with Gasteiger partial charge in [-0.3, -0.25) is 4.79 Å². The fourth-order valence-electron chi connectivity index (χ4n) is 2.60. The second-order valence-corrected chi connectivity index (χ2v) is 6.40. The third-order valence-corrected chi connectivity index (χ3v) is 4.60. The van der Waals surface area contributed by atoms with Crippen LogP contribution in [0.15, 0.2) is 42.5 Å². The van der Waals surface area contributed by atoms with Crippen molar-refractivity contribution in [3.05, 3.63) is 69.2 Å². The lowest BCUT2D eigenvalue weighted by atomic mass is 10.1. The lowest BCUT2D eigenvalue weighted by molar-refractivity contribution is 0.0937. The van der Waals surface area contributed by atoms with E-state index in [0.29, 0.717) is 15.6 Å². The molecule has 0 aliphatic heterocycles. The van der Waals surface area contributed by atoms with Gasteiger partial charge in [-0.05, 0) is 35.7 Å². The highest BCUT2D eigenvalue weighted by Gasteiger charge is 2.32. The van der Waals surface area contributed by atoms with Gasteiger partial charge in [-0.2, -0.15) is 0 Å². The molecule has 2 atom stereocenters. The van der Waals surface area contributed by atoms with Crippen LogP contribution in [-0.4, -0.2) is 11.3 Å². The molecule has 108 valence electrons. The number of carbonyl (C=O) groups is 1. The summed E-state index contributed by atoms with van der Waals surface area (Å²) >= 11 is 18.4. The second kappa shape index (κ2) is 5.88. The Kier molecular flexibility index (Phi) is 4.12. The molecule has 1 N–H and O–H groups in total. The average molecular weight is 341 g/mol. The number of nitrogens with one attached hydrogen (secondary N) is 1. The Morgan fingerprint density at radius 2 is 1.90 bits per heavy atom. The Labute approximate surface area is 138 Å². The molecule has 0 fully saturated rings. The predicted octanol–water partition coefficient (Wildman–Crippen LogP) is 4.63. The molecule has 2 unspecified atom stereocenters. The maximum atomic E-state index is 12.4. The summed E-state index contributed by atoms with van der Waals surface area (Å²) in [5.41, 5.74) is 2.58. The molecule has 2 aromatic rings. The number of alkyl halides is 1. The molecule has 0 radical (unpaired) electrons. The van der Waals surface area contributed by atoms with Gasteiger partial charge in [0, 0.05) is 5.02 Å². The summed E-state index contributed by atoms with van der Waals surface area (Å²) < 4.78 is 0. The van der Waals surface area contributed by atoms with Gasteiger partial charge in [-0.25, -0.2) is 0 Å². The third kappa shape index (κ3) is 2.89. The van der Waals surface area contributed by atoms with Crippen LogP contribution in [0.25, 0.3) is 0 Å². The Balaban J connectivity index is 1.87. The summed E-state index contributed by atoms with van der Waals surface area (Å²) in [6.07, 6.45) is 0.742. The van der Waals surface area contributed by atoms with Crippen LogP contribution in [0.4, 0.5) is 0 Å². The molecule has 0 saturated heterocycles. The van der Waals surface area contributed by atoms with E-state index in [-0.39, 0.29) is 17.3 Å². The first-order valence-corrected chi connectivity index (χ1v) is 7.73. The van der Waals surface area contributed by atoms with Crippen LogP contribution in [0, 0.1) is 0 Å². The zero-order valence-electron chi connectivity index (χ0n) is 10.9. The van der Waals surface area contributed by atoms with Crippen LogP contribution in [0.1, 0.15) is 27.5 Å². The number of hydrogen-bond donors (Lipinski definition) is 1. The van der Waals surface area contributed by atoms with Crippen LogP contribution in [-0.2, 0) is 6.42 Å². The summed E-state index contributed by atoms with van der Waals surface area (Å²) in [6, 6.07) is 12.5. The molecule has 0 spiro atoms. The molecule has 1 amide bonds. The topological polar surface area (TPSA) is 29.1 Å². The molecule has 0 saturated carbocycles. The van der Waals surface area contributed by atoms with Gasteiger partial charge in [0.25, 0.3) is 5.91 Å². The summed E-state index contributed by atoms with van der Waals surface area (Å²) in [6.45, 7) is 0. The van der Waals surface area contributed by atoms with Crippen molar-refractivity contribution in [1.29, 1.82) is 0 Å². The van der Waals surface area contributed by atoms with E-state index in [1.165, 1.54) is 5.56 Å². The molecule has 0 heterocycles. The number of hydrogen-bond acceptors (Lipinski definition) is 1. The van der Waals surface area contributed by atoms with E-state index in [4.69, 9.17) is 34.8 Å². The Bertz CT molecular complexity index is 702. The standard InChI is InChI=1S/C16H12Cl3NO/c17-10-5-6-13(18)12(8-10)16(21)20-15-11-4-2-1-3-9(11)7-14(15)19/h1-6,8,14-15H,7H2,(H,20,21). The molecule has 2 nitrogen and oxygen atoms in total. The van der Waals surface area contributed by atoms with E-state index < -0.39 is 0 Å². The van der Waals surface area contributed by atoms with Gasteiger partial charge in [-0.1, -0.05) is 47.5 Å². The maximum Gasteiger partial charge on any atom is 0.253 e. The first-order chi connectivity index (χ1) is 10.1. The fourth-order valence-corrected chi connectivity index (χ4v) is 3.35. The predicted molar refractivity (Wildman–Crippen MR) is 86.5 cm³/mol. The molecule has 3 rings (SSSR count). The highest BCUT2D eigenvalue weighted by molar-refractivity contribution is 6.35. The average Bonchev–Trinajstić information content (AvgIpc) is 2.78. The van der Waals surface area contributed by atoms with Gasteiger partial charge in [0.2, 0.25) is 0 Å². The maximum absolute atomic E-state index is 12.4. The van der Waals surface area contributed by atoms with Crippen LogP contribution >= 0.6 is 34.8 Å². The molecule has 21 heavy (non-hydrogen) atoms. The lowest BCUT2D eigenvalue weighted by Gasteiger charge is -2.18. The zero-order valence-corrected chi connectivity index (χ0v) is 13.2. The molecular weight excluding hydrogens is 329 g/mol. The summed E-state index contributed by atoms with van der Waals surface area (Å²) in [5, 5.41) is 3.63. The van der Waals surface area contributed by atoms with Gasteiger partial charge in [0.1, 0.15) is 0 Å². The molecule has 1 aliphatic carbocycles. The number of amides is 1. The lowest BCUT2D eigenvalue weighted by Crippen LogP contribution is -2.32. The van der Waals surface area contributed by atoms with E-state index in [1.807, 2.05) is 24.3 Å². The molecule has 5 heteroatoms. The fraction of sp³-hybridized carbons (Fsp3) is 0.188. The highest BCUT2D eigenvalue weighted by atomic mass is 35.5. The normalized spacial score (nSPS) is 20.1. The van der Waals surface area contributed by atoms with Gasteiger partial charge in [0.15, 0.2) is 0 Å². The van der Waals surface area contributed by atoms with E-state index in [0.717, 1.165) is 12.0 Å². The van der Waals surface area contributed by atoms with Crippen molar-refractivity contribution >= 4 is 40.7 Å². The first kappa shape index (κ1) is 14.7. The molecule has 1 aliphatic rings. The summed E-state index contributed by atoms with van der Waals surface area (Å²) in [4.78, 5) is 12.4. The third-order valence-electron chi connectivity index (χ3n) is 3.63. The quantitative estimate of drug-likeness (QED) is 0.794. The van der Waals surface area contributed by atoms with Gasteiger partial charge < -0.3 is 5.32 Å². The Hall–Kier alpha value is -1.22. The number of fused-ring (bicyclic) bond motifs is 1. The van der Waals surface area contributed by atoms with Gasteiger partial charge in [-0.15, -0.1) is 11.6 Å². The van der Waals surface area contributed by atoms with E-state index in [2.05, 4.69) is 5.32 Å². The minimum absolute atomic E-state index is 0.163. The Morgan fingerprint density at radius 1 is 1.14 bits per heavy atom. The molecule has 2 aromatic carbocycles. The number of halogens is 3. The monoisotopic (exact) mass is 339 g/mol. The number of rotatable bonds is 2. The van der Waals surface area contributed by atoms with Crippen molar-refractivity contribution in [2.45, 2.75) is 17.8 Å². The van der Waals surface area contributed by atoms with Crippen LogP contribution < -0.4 is 5.32 Å². The van der Waals surface area contributed by atoms with E-state index >= 15 is 0 Å². The van der Waals surface area contributed by atoms with Crippen LogP contribution in [0.2, 0.25) is 10.0 Å². The number of carbonyl (C=O) groups excluding carboxylic acids is 1. The van der Waals surface area contributed by atoms with Crippen LogP contribution in [0.5, 0.6) is 0 Å². The first-order valence-electron chi connectivity index (χ1n) is 6.54. The van der Waals surface area contributed by atoms with Gasteiger partial charge in [0.05, 0.1) is 22.0 Å². The van der Waals surface area contributed by atoms with Crippen molar-refractivity contribution in [3.63, 3.8) is 0 Å². The number of benzene rings is 2. The van der Waals surface area contributed by atoms with E-state index in [1.54, 1.807) is 18.2 Å². The van der Waals surface area contributed by atoms with Crippen molar-refractivity contribution in [2.75, 3.05) is 0 Å². The van der Waals surface area contributed by atoms with Crippen LogP contribution in [0.3, 0.4) is 0 Å². The minimum atomic E-state index is -0.269. The SMILES string of the molecule is O=C(NC1c2ccccc2CC1Cl)c1cc(Cl)ccc1Cl. The molecular formula is C16H12Cl3NO. The molecule has 0 bridgehead atoms. The van der Waals surface area contributed by atoms with Crippen molar-refractivity contribution in [1.82, 2.24) is 5.32 Å². The zero-order chi connectivity index (χ0) is 15.0. The summed E-state index contributed by atoms with van der Waals surface area (Å²) in [5.74, 6) is -0.269. The summed E-state index contributed by atoms with van der Waals surface area (Å²) in [7, 11) is 0. The largest absolute Gasteiger partial charge is 0.344 e.